The molecule has 0 fully saturated rings. The van der Waals surface area contributed by atoms with Gasteiger partial charge in [0.15, 0.2) is 5.78 Å². The fourth-order valence-electron chi connectivity index (χ4n) is 4.61. The third-order valence-electron chi connectivity index (χ3n) is 6.90. The van der Waals surface area contributed by atoms with Gasteiger partial charge in [-0.15, -0.1) is 11.3 Å². The second-order valence-electron chi connectivity index (χ2n) is 11.1. The predicted octanol–water partition coefficient (Wildman–Crippen LogP) is 3.44. The Morgan fingerprint density at radius 2 is 1.85 bits per heavy atom. The van der Waals surface area contributed by atoms with E-state index < -0.39 is 41.4 Å². The van der Waals surface area contributed by atoms with Crippen molar-refractivity contribution in [3.8, 4) is 0 Å². The predicted molar refractivity (Wildman–Crippen MR) is 151 cm³/mol. The lowest BCUT2D eigenvalue weighted by molar-refractivity contribution is -0.149. The number of nitrogens with one attached hydrogen (secondary N) is 2. The molecule has 0 aliphatic carbocycles. The third kappa shape index (κ3) is 9.36. The molecule has 2 N–H and O–H groups in total. The Kier molecular flexibility index (Phi) is 11.5. The summed E-state index contributed by atoms with van der Waals surface area (Å²) in [4.78, 5) is 70.2. The van der Waals surface area contributed by atoms with E-state index in [2.05, 4.69) is 15.6 Å². The van der Waals surface area contributed by atoms with Gasteiger partial charge in [-0.1, -0.05) is 58.0 Å². The number of amides is 2. The molecule has 0 radical (unpaired) electrons. The SMILES string of the molecule is CC(C)CC(NC(=O)C(CC(=O)OCc1ccccc1)C(C)C)C(=O)CC1Cc2ncc(s2)CCNC(=O)C1=O. The lowest BCUT2D eigenvalue weighted by Gasteiger charge is -2.26. The number of rotatable bonds is 12. The van der Waals surface area contributed by atoms with E-state index in [4.69, 9.17) is 4.74 Å². The zero-order valence-electron chi connectivity index (χ0n) is 23.6. The largest absolute Gasteiger partial charge is 0.461 e. The van der Waals surface area contributed by atoms with E-state index in [-0.39, 0.29) is 43.5 Å². The van der Waals surface area contributed by atoms with Crippen molar-refractivity contribution in [3.05, 3.63) is 52.0 Å². The molecule has 3 unspecified atom stereocenters. The maximum absolute atomic E-state index is 13.5. The number of benzene rings is 1. The van der Waals surface area contributed by atoms with Crippen molar-refractivity contribution < 1.29 is 28.7 Å². The second kappa shape index (κ2) is 14.8. The Hall–Kier alpha value is -3.40. The van der Waals surface area contributed by atoms with Crippen LogP contribution in [0.3, 0.4) is 0 Å². The van der Waals surface area contributed by atoms with Gasteiger partial charge in [-0.2, -0.15) is 0 Å². The number of thiazole rings is 1. The van der Waals surface area contributed by atoms with Crippen molar-refractivity contribution in [2.45, 2.75) is 72.4 Å². The first-order valence-corrected chi connectivity index (χ1v) is 14.6. The van der Waals surface area contributed by atoms with Crippen molar-refractivity contribution in [1.82, 2.24) is 15.6 Å². The van der Waals surface area contributed by atoms with E-state index in [1.54, 1.807) is 6.20 Å². The maximum atomic E-state index is 13.5. The van der Waals surface area contributed by atoms with Gasteiger partial charge in [0.1, 0.15) is 6.61 Å². The fourth-order valence-corrected chi connectivity index (χ4v) is 5.61. The van der Waals surface area contributed by atoms with Crippen LogP contribution >= 0.6 is 11.3 Å². The van der Waals surface area contributed by atoms with Crippen LogP contribution in [0.5, 0.6) is 0 Å². The summed E-state index contributed by atoms with van der Waals surface area (Å²) in [6, 6.07) is 8.43. The van der Waals surface area contributed by atoms with Crippen LogP contribution < -0.4 is 10.6 Å². The molecule has 10 heteroatoms. The zero-order valence-corrected chi connectivity index (χ0v) is 24.4. The van der Waals surface area contributed by atoms with E-state index in [0.717, 1.165) is 10.4 Å². The summed E-state index contributed by atoms with van der Waals surface area (Å²) in [7, 11) is 0. The molecule has 1 aliphatic rings. The standard InChI is InChI=1S/C30H39N3O6S/c1-18(2)12-24(25(34)13-21-14-26-32-16-22(40-26)10-11-31-30(38)28(21)36)33-29(37)23(19(3)4)15-27(35)39-17-20-8-6-5-7-9-20/h5-9,16,18-19,21,23-24H,10-15,17H2,1-4H3,(H,31,38)(H,33,37). The number of esters is 1. The summed E-state index contributed by atoms with van der Waals surface area (Å²) in [5.74, 6) is -4.25. The number of carbonyl (C=O) groups is 5. The van der Waals surface area contributed by atoms with Crippen LogP contribution in [0, 0.1) is 23.7 Å². The van der Waals surface area contributed by atoms with Gasteiger partial charge < -0.3 is 15.4 Å². The highest BCUT2D eigenvalue weighted by molar-refractivity contribution is 7.11. The van der Waals surface area contributed by atoms with Gasteiger partial charge in [0.2, 0.25) is 11.7 Å². The number of ketones is 2. The summed E-state index contributed by atoms with van der Waals surface area (Å²) in [5, 5.41) is 6.19. The second-order valence-corrected chi connectivity index (χ2v) is 12.3. The smallest absolute Gasteiger partial charge is 0.306 e. The maximum Gasteiger partial charge on any atom is 0.306 e. The molecule has 2 heterocycles. The number of hydrogen-bond donors (Lipinski definition) is 2. The molecule has 1 aliphatic heterocycles. The summed E-state index contributed by atoms with van der Waals surface area (Å²) in [6.07, 6.45) is 2.57. The normalized spacial score (nSPS) is 17.2. The number of fused-ring (bicyclic) bond motifs is 2. The van der Waals surface area contributed by atoms with Crippen LogP contribution in [0.15, 0.2) is 36.5 Å². The highest BCUT2D eigenvalue weighted by atomic mass is 32.1. The molecule has 2 aromatic rings. The van der Waals surface area contributed by atoms with E-state index >= 15 is 0 Å². The Morgan fingerprint density at radius 1 is 1.12 bits per heavy atom. The highest BCUT2D eigenvalue weighted by Gasteiger charge is 2.34. The topological polar surface area (TPSA) is 132 Å². The average Bonchev–Trinajstić information content (AvgIpc) is 3.35. The van der Waals surface area contributed by atoms with E-state index in [1.165, 1.54) is 11.3 Å². The molecule has 2 bridgehead atoms. The van der Waals surface area contributed by atoms with Gasteiger partial charge >= 0.3 is 5.97 Å². The van der Waals surface area contributed by atoms with E-state index in [1.807, 2.05) is 58.0 Å². The minimum absolute atomic E-state index is 0.0761. The Balaban J connectivity index is 1.68. The summed E-state index contributed by atoms with van der Waals surface area (Å²) in [5.41, 5.74) is 0.849. The lowest BCUT2D eigenvalue weighted by Crippen LogP contribution is -2.47. The molecule has 2 amide bonds. The zero-order chi connectivity index (χ0) is 29.2. The molecule has 3 rings (SSSR count). The summed E-state index contributed by atoms with van der Waals surface area (Å²) in [6.45, 7) is 7.99. The van der Waals surface area contributed by atoms with Crippen molar-refractivity contribution in [2.75, 3.05) is 6.54 Å². The highest BCUT2D eigenvalue weighted by Crippen LogP contribution is 2.23. The average molecular weight is 570 g/mol. The molecule has 9 nitrogen and oxygen atoms in total. The summed E-state index contributed by atoms with van der Waals surface area (Å²) < 4.78 is 5.38. The molecule has 0 saturated carbocycles. The number of ether oxygens (including phenoxy) is 1. The van der Waals surface area contributed by atoms with Crippen LogP contribution in [0.4, 0.5) is 0 Å². The number of hydrogen-bond acceptors (Lipinski definition) is 8. The van der Waals surface area contributed by atoms with Gasteiger partial charge in [-0.05, 0) is 23.8 Å². The van der Waals surface area contributed by atoms with Crippen molar-refractivity contribution in [1.29, 1.82) is 0 Å². The van der Waals surface area contributed by atoms with Gasteiger partial charge in [0.25, 0.3) is 5.91 Å². The van der Waals surface area contributed by atoms with Crippen LogP contribution in [0.25, 0.3) is 0 Å². The van der Waals surface area contributed by atoms with Gasteiger partial charge in [-0.25, -0.2) is 4.98 Å². The van der Waals surface area contributed by atoms with Gasteiger partial charge in [-0.3, -0.25) is 24.0 Å². The van der Waals surface area contributed by atoms with Crippen molar-refractivity contribution >= 4 is 40.7 Å². The molecule has 40 heavy (non-hydrogen) atoms. The third-order valence-corrected chi connectivity index (χ3v) is 7.98. The minimum Gasteiger partial charge on any atom is -0.461 e. The van der Waals surface area contributed by atoms with Crippen molar-refractivity contribution in [3.63, 3.8) is 0 Å². The Labute approximate surface area is 239 Å². The van der Waals surface area contributed by atoms with Gasteiger partial charge in [0, 0.05) is 42.8 Å². The summed E-state index contributed by atoms with van der Waals surface area (Å²) >= 11 is 1.47. The van der Waals surface area contributed by atoms with E-state index in [0.29, 0.717) is 24.4 Å². The van der Waals surface area contributed by atoms with Crippen LogP contribution in [-0.4, -0.2) is 46.9 Å². The fraction of sp³-hybridized carbons (Fsp3) is 0.533. The molecule has 216 valence electrons. The first-order chi connectivity index (χ1) is 19.0. The first kappa shape index (κ1) is 31.1. The number of aromatic nitrogens is 1. The van der Waals surface area contributed by atoms with E-state index in [9.17, 15) is 24.0 Å². The molecule has 1 aromatic heterocycles. The Morgan fingerprint density at radius 3 is 2.52 bits per heavy atom. The number of Topliss-reactive ketones (excluding diaryl/α,β-unsaturated/α-hetero) is 2. The molecular weight excluding hydrogens is 530 g/mol. The minimum atomic E-state index is -0.870. The van der Waals surface area contributed by atoms with Gasteiger partial charge in [0.05, 0.1) is 23.4 Å². The first-order valence-electron chi connectivity index (χ1n) is 13.8. The van der Waals surface area contributed by atoms with Crippen LogP contribution in [0.1, 0.15) is 62.4 Å². The van der Waals surface area contributed by atoms with Crippen molar-refractivity contribution in [2.24, 2.45) is 23.7 Å². The molecular formula is C30H39N3O6S. The van der Waals surface area contributed by atoms with Crippen LogP contribution in [0.2, 0.25) is 0 Å². The Bertz CT molecular complexity index is 1190. The molecule has 0 spiro atoms. The van der Waals surface area contributed by atoms with Crippen LogP contribution in [-0.2, 0) is 48.2 Å². The number of carbonyl (C=O) groups excluding carboxylic acids is 5. The number of nitrogens with zero attached hydrogens (tertiary/aromatic N) is 1. The lowest BCUT2D eigenvalue weighted by atomic mass is 9.87. The molecule has 1 aromatic carbocycles. The molecule has 3 atom stereocenters. The molecule has 0 saturated heterocycles. The monoisotopic (exact) mass is 569 g/mol. The quantitative estimate of drug-likeness (QED) is 0.296.